The first-order valence-corrected chi connectivity index (χ1v) is 3.45. The lowest BCUT2D eigenvalue weighted by Crippen LogP contribution is -2.09. The second kappa shape index (κ2) is 7.19. The molecule has 0 amide bonds. The van der Waals surface area contributed by atoms with Crippen LogP contribution in [0.1, 0.15) is 13.8 Å². The summed E-state index contributed by atoms with van der Waals surface area (Å²) in [7, 11) is 0. The lowest BCUT2D eigenvalue weighted by molar-refractivity contribution is 0.899. The third-order valence-corrected chi connectivity index (χ3v) is 1.14. The Balaban J connectivity index is 0. The van der Waals surface area contributed by atoms with Crippen LogP contribution in [0.4, 0.5) is 5.69 Å². The third kappa shape index (κ3) is 5.22. The average Bonchev–Trinajstić information content (AvgIpc) is 1.88. The van der Waals surface area contributed by atoms with Gasteiger partial charge in [-0.2, -0.15) is 0 Å². The van der Waals surface area contributed by atoms with Crippen LogP contribution in [0.5, 0.6) is 0 Å². The Labute approximate surface area is 85.6 Å². The summed E-state index contributed by atoms with van der Waals surface area (Å²) < 4.78 is 0. The van der Waals surface area contributed by atoms with Crippen molar-refractivity contribution in [2.24, 2.45) is 0 Å². The predicted molar refractivity (Wildman–Crippen MR) is 57.5 cm³/mol. The highest BCUT2D eigenvalue weighted by Gasteiger charge is 1.91. The first-order chi connectivity index (χ1) is 4.79. The summed E-state index contributed by atoms with van der Waals surface area (Å²) in [4.78, 5) is 3.91. The molecule has 1 N–H and O–H groups in total. The summed E-state index contributed by atoms with van der Waals surface area (Å²) in [5.74, 6) is 0. The largest absolute Gasteiger partial charge is 0.383 e. The fourth-order valence-electron chi connectivity index (χ4n) is 0.781. The monoisotopic (exact) mass is 208 g/mol. The molecule has 70 valence electrons. The molecule has 0 aromatic carbocycles. The fourth-order valence-corrected chi connectivity index (χ4v) is 0.781. The second-order valence-electron chi connectivity index (χ2n) is 2.53. The van der Waals surface area contributed by atoms with E-state index < -0.39 is 0 Å². The number of nitrogens with one attached hydrogen (secondary N) is 1. The van der Waals surface area contributed by atoms with Crippen molar-refractivity contribution >= 4 is 30.5 Å². The molecule has 1 aromatic rings. The number of nitrogens with zero attached hydrogens (tertiary/aromatic N) is 1. The molecule has 0 saturated heterocycles. The molecule has 0 unspecified atom stereocenters. The zero-order valence-electron chi connectivity index (χ0n) is 7.15. The fraction of sp³-hybridized carbons (Fsp3) is 0.375. The van der Waals surface area contributed by atoms with Gasteiger partial charge in [-0.1, -0.05) is 0 Å². The number of hydrogen-bond acceptors (Lipinski definition) is 2. The van der Waals surface area contributed by atoms with Crippen LogP contribution in [-0.2, 0) is 0 Å². The van der Waals surface area contributed by atoms with Gasteiger partial charge < -0.3 is 5.32 Å². The van der Waals surface area contributed by atoms with Gasteiger partial charge >= 0.3 is 0 Å². The number of rotatable bonds is 2. The zero-order valence-corrected chi connectivity index (χ0v) is 8.78. The molecule has 1 heterocycles. The van der Waals surface area contributed by atoms with E-state index in [-0.39, 0.29) is 24.8 Å². The van der Waals surface area contributed by atoms with Crippen LogP contribution in [0.2, 0.25) is 0 Å². The molecule has 0 fully saturated rings. The number of anilines is 1. The molecule has 4 heteroatoms. The molecule has 0 aliphatic heterocycles. The SMILES string of the molecule is CC(C)Nc1ccncc1.Cl.Cl. The summed E-state index contributed by atoms with van der Waals surface area (Å²) in [6.45, 7) is 4.22. The van der Waals surface area contributed by atoms with Crippen LogP contribution in [-0.4, -0.2) is 11.0 Å². The van der Waals surface area contributed by atoms with Gasteiger partial charge in [0.25, 0.3) is 0 Å². The smallest absolute Gasteiger partial charge is 0.0372 e. The second-order valence-corrected chi connectivity index (χ2v) is 2.53. The first-order valence-electron chi connectivity index (χ1n) is 3.45. The van der Waals surface area contributed by atoms with E-state index in [9.17, 15) is 0 Å². The molecule has 2 nitrogen and oxygen atoms in total. The van der Waals surface area contributed by atoms with Gasteiger partial charge in [0.2, 0.25) is 0 Å². The van der Waals surface area contributed by atoms with Crippen LogP contribution in [0, 0.1) is 0 Å². The molecule has 0 radical (unpaired) electrons. The summed E-state index contributed by atoms with van der Waals surface area (Å²) in [6, 6.07) is 4.40. The summed E-state index contributed by atoms with van der Waals surface area (Å²) >= 11 is 0. The topological polar surface area (TPSA) is 24.9 Å². The Hall–Kier alpha value is -0.470. The molecular weight excluding hydrogens is 195 g/mol. The third-order valence-electron chi connectivity index (χ3n) is 1.14. The van der Waals surface area contributed by atoms with Crippen LogP contribution in [0.3, 0.4) is 0 Å². The maximum absolute atomic E-state index is 3.91. The van der Waals surface area contributed by atoms with Crippen molar-refractivity contribution in [2.45, 2.75) is 19.9 Å². The minimum atomic E-state index is 0. The van der Waals surface area contributed by atoms with Gasteiger partial charge in [-0.15, -0.1) is 24.8 Å². The summed E-state index contributed by atoms with van der Waals surface area (Å²) in [5.41, 5.74) is 1.13. The Morgan fingerprint density at radius 1 is 1.17 bits per heavy atom. The van der Waals surface area contributed by atoms with E-state index in [1.54, 1.807) is 12.4 Å². The summed E-state index contributed by atoms with van der Waals surface area (Å²) in [6.07, 6.45) is 3.56. The standard InChI is InChI=1S/C8H12N2.2ClH/c1-7(2)10-8-3-5-9-6-4-8;;/h3-7H,1-2H3,(H,9,10);2*1H. The normalized spacial score (nSPS) is 8.25. The van der Waals surface area contributed by atoms with Crippen molar-refractivity contribution in [2.75, 3.05) is 5.32 Å². The number of hydrogen-bond donors (Lipinski definition) is 1. The van der Waals surface area contributed by atoms with Crippen LogP contribution >= 0.6 is 24.8 Å². The lowest BCUT2D eigenvalue weighted by atomic mass is 10.3. The van der Waals surface area contributed by atoms with E-state index >= 15 is 0 Å². The summed E-state index contributed by atoms with van der Waals surface area (Å²) in [5, 5.41) is 3.26. The van der Waals surface area contributed by atoms with Gasteiger partial charge in [-0.25, -0.2) is 0 Å². The Bertz CT molecular complexity index is 190. The van der Waals surface area contributed by atoms with Crippen LogP contribution in [0.15, 0.2) is 24.5 Å². The molecule has 0 spiro atoms. The van der Waals surface area contributed by atoms with Crippen molar-refractivity contribution in [3.05, 3.63) is 24.5 Å². The van der Waals surface area contributed by atoms with Crippen LogP contribution in [0.25, 0.3) is 0 Å². The molecule has 1 rings (SSSR count). The molecule has 0 saturated carbocycles. The van der Waals surface area contributed by atoms with Gasteiger partial charge in [-0.05, 0) is 26.0 Å². The van der Waals surface area contributed by atoms with Crippen molar-refractivity contribution in [3.63, 3.8) is 0 Å². The van der Waals surface area contributed by atoms with Gasteiger partial charge in [0.15, 0.2) is 0 Å². The molecule has 1 aromatic heterocycles. The first kappa shape index (κ1) is 14.1. The Morgan fingerprint density at radius 3 is 2.08 bits per heavy atom. The molecule has 0 aliphatic rings. The highest BCUT2D eigenvalue weighted by Crippen LogP contribution is 2.04. The minimum absolute atomic E-state index is 0. The van der Waals surface area contributed by atoms with Crippen molar-refractivity contribution < 1.29 is 0 Å². The van der Waals surface area contributed by atoms with Gasteiger partial charge in [0.05, 0.1) is 0 Å². The molecule has 12 heavy (non-hydrogen) atoms. The van der Waals surface area contributed by atoms with Crippen molar-refractivity contribution in [1.82, 2.24) is 4.98 Å². The Kier molecular flexibility index (Phi) is 8.44. The maximum Gasteiger partial charge on any atom is 0.0372 e. The molecule has 0 atom stereocenters. The number of pyridine rings is 1. The average molecular weight is 209 g/mol. The van der Waals surface area contributed by atoms with Crippen molar-refractivity contribution in [3.8, 4) is 0 Å². The van der Waals surface area contributed by atoms with Crippen molar-refractivity contribution in [1.29, 1.82) is 0 Å². The van der Waals surface area contributed by atoms with Gasteiger partial charge in [-0.3, -0.25) is 4.98 Å². The Morgan fingerprint density at radius 2 is 1.67 bits per heavy atom. The maximum atomic E-state index is 3.91. The van der Waals surface area contributed by atoms with Gasteiger partial charge in [0, 0.05) is 24.1 Å². The van der Waals surface area contributed by atoms with E-state index in [0.29, 0.717) is 6.04 Å². The quantitative estimate of drug-likeness (QED) is 0.809. The van der Waals surface area contributed by atoms with E-state index in [0.717, 1.165) is 5.69 Å². The number of halogens is 2. The van der Waals surface area contributed by atoms with Crippen LogP contribution < -0.4 is 5.32 Å². The van der Waals surface area contributed by atoms with E-state index in [2.05, 4.69) is 24.1 Å². The molecule has 0 aliphatic carbocycles. The van der Waals surface area contributed by atoms with E-state index in [1.807, 2.05) is 12.1 Å². The lowest BCUT2D eigenvalue weighted by Gasteiger charge is -2.07. The molecular formula is C8H14Cl2N2. The van der Waals surface area contributed by atoms with E-state index in [4.69, 9.17) is 0 Å². The molecule has 0 bridgehead atoms. The zero-order chi connectivity index (χ0) is 7.40. The highest BCUT2D eigenvalue weighted by molar-refractivity contribution is 5.85. The predicted octanol–water partition coefficient (Wildman–Crippen LogP) is 2.75. The number of aromatic nitrogens is 1. The van der Waals surface area contributed by atoms with E-state index in [1.165, 1.54) is 0 Å². The van der Waals surface area contributed by atoms with Gasteiger partial charge in [0.1, 0.15) is 0 Å². The highest BCUT2D eigenvalue weighted by atomic mass is 35.5. The minimum Gasteiger partial charge on any atom is -0.383 e.